The molecule has 2 aromatic rings. The first-order valence-corrected chi connectivity index (χ1v) is 7.39. The van der Waals surface area contributed by atoms with Crippen LogP contribution >= 0.6 is 11.8 Å². The van der Waals surface area contributed by atoms with Gasteiger partial charge in [0.25, 0.3) is 0 Å². The second-order valence-electron chi connectivity index (χ2n) is 4.57. The Bertz CT molecular complexity index is 540. The number of hydrogen-bond donors (Lipinski definition) is 2. The highest BCUT2D eigenvalue weighted by atomic mass is 32.2. The third-order valence-corrected chi connectivity index (χ3v) is 4.16. The summed E-state index contributed by atoms with van der Waals surface area (Å²) in [4.78, 5) is 4.34. The van der Waals surface area contributed by atoms with Gasteiger partial charge in [0.05, 0.1) is 7.11 Å². The Morgan fingerprint density at radius 3 is 2.50 bits per heavy atom. The summed E-state index contributed by atoms with van der Waals surface area (Å²) in [5.41, 5.74) is 1.22. The molecule has 5 nitrogen and oxygen atoms in total. The van der Waals surface area contributed by atoms with Gasteiger partial charge in [-0.2, -0.15) is 0 Å². The molecule has 1 heterocycles. The fraction of sp³-hybridized carbons (Fsp3) is 0.429. The number of aromatic amines is 1. The van der Waals surface area contributed by atoms with E-state index in [2.05, 4.69) is 39.6 Å². The van der Waals surface area contributed by atoms with Gasteiger partial charge in [0.15, 0.2) is 0 Å². The van der Waals surface area contributed by atoms with Crippen LogP contribution in [0.4, 0.5) is 0 Å². The van der Waals surface area contributed by atoms with E-state index >= 15 is 0 Å². The first-order valence-electron chi connectivity index (χ1n) is 6.51. The number of benzene rings is 1. The van der Waals surface area contributed by atoms with Crippen molar-refractivity contribution in [3.63, 3.8) is 0 Å². The van der Waals surface area contributed by atoms with E-state index in [-0.39, 0.29) is 6.04 Å². The Morgan fingerprint density at radius 1 is 1.30 bits per heavy atom. The molecule has 0 saturated carbocycles. The topological polar surface area (TPSA) is 62.8 Å². The number of aryl methyl sites for hydroxylation is 1. The second kappa shape index (κ2) is 6.76. The van der Waals surface area contributed by atoms with Gasteiger partial charge in [0.1, 0.15) is 11.6 Å². The van der Waals surface area contributed by atoms with Crippen LogP contribution in [-0.4, -0.2) is 34.6 Å². The molecule has 0 spiro atoms. The summed E-state index contributed by atoms with van der Waals surface area (Å²) in [6, 6.07) is 8.35. The molecular formula is C14H20N4OS. The molecule has 6 heteroatoms. The Balaban J connectivity index is 2.09. The van der Waals surface area contributed by atoms with Crippen molar-refractivity contribution in [3.8, 4) is 5.75 Å². The van der Waals surface area contributed by atoms with Crippen molar-refractivity contribution in [2.75, 3.05) is 14.2 Å². The molecule has 0 aliphatic heterocycles. The minimum absolute atomic E-state index is 0.227. The predicted molar refractivity (Wildman–Crippen MR) is 81.2 cm³/mol. The largest absolute Gasteiger partial charge is 0.497 e. The number of methoxy groups -OCH3 is 1. The van der Waals surface area contributed by atoms with Gasteiger partial charge in [-0.05, 0) is 31.7 Å². The van der Waals surface area contributed by atoms with Crippen LogP contribution in [0.25, 0.3) is 0 Å². The number of thioether (sulfide) groups is 1. The van der Waals surface area contributed by atoms with Gasteiger partial charge in [-0.15, -0.1) is 5.10 Å². The van der Waals surface area contributed by atoms with Crippen molar-refractivity contribution < 1.29 is 4.74 Å². The van der Waals surface area contributed by atoms with Gasteiger partial charge in [0, 0.05) is 11.3 Å². The summed E-state index contributed by atoms with van der Waals surface area (Å²) >= 11 is 1.65. The Labute approximate surface area is 123 Å². The minimum atomic E-state index is 0.227. The molecule has 2 rings (SSSR count). The lowest BCUT2D eigenvalue weighted by atomic mass is 10.0. The van der Waals surface area contributed by atoms with Gasteiger partial charge in [0.2, 0.25) is 5.16 Å². The summed E-state index contributed by atoms with van der Waals surface area (Å²) in [6.45, 7) is 4.07. The number of rotatable bonds is 6. The first-order chi connectivity index (χ1) is 9.63. The number of aromatic nitrogens is 3. The van der Waals surface area contributed by atoms with E-state index in [1.165, 1.54) is 5.56 Å². The monoisotopic (exact) mass is 292 g/mol. The smallest absolute Gasteiger partial charge is 0.208 e. The van der Waals surface area contributed by atoms with E-state index < -0.39 is 0 Å². The lowest BCUT2D eigenvalue weighted by Gasteiger charge is -2.22. The second-order valence-corrected chi connectivity index (χ2v) is 5.91. The molecule has 0 bridgehead atoms. The fourth-order valence-electron chi connectivity index (χ4n) is 2.09. The van der Waals surface area contributed by atoms with Crippen LogP contribution in [0.15, 0.2) is 29.4 Å². The molecule has 2 atom stereocenters. The molecular weight excluding hydrogens is 272 g/mol. The minimum Gasteiger partial charge on any atom is -0.497 e. The molecule has 0 fully saturated rings. The van der Waals surface area contributed by atoms with Crippen LogP contribution in [0.2, 0.25) is 0 Å². The van der Waals surface area contributed by atoms with Crippen LogP contribution in [0.3, 0.4) is 0 Å². The van der Waals surface area contributed by atoms with Gasteiger partial charge in [-0.25, -0.2) is 4.98 Å². The molecule has 2 unspecified atom stereocenters. The molecule has 1 aromatic carbocycles. The standard InChI is InChI=1S/C14H20N4OS/c1-9(20-14-16-10(2)17-18-14)13(15-3)11-5-7-12(19-4)8-6-11/h5-9,13,15H,1-4H3,(H,16,17,18). The number of ether oxygens (including phenoxy) is 1. The Kier molecular flexibility index (Phi) is 5.03. The third-order valence-electron chi connectivity index (χ3n) is 3.12. The summed E-state index contributed by atoms with van der Waals surface area (Å²) < 4.78 is 5.19. The van der Waals surface area contributed by atoms with Crippen molar-refractivity contribution >= 4 is 11.8 Å². The van der Waals surface area contributed by atoms with Crippen molar-refractivity contribution in [2.45, 2.75) is 30.3 Å². The fourth-order valence-corrected chi connectivity index (χ4v) is 3.14. The van der Waals surface area contributed by atoms with Gasteiger partial charge in [-0.3, -0.25) is 5.10 Å². The summed E-state index contributed by atoms with van der Waals surface area (Å²) in [5, 5.41) is 11.5. The average Bonchev–Trinajstić information content (AvgIpc) is 2.85. The van der Waals surface area contributed by atoms with E-state index in [9.17, 15) is 0 Å². The van der Waals surface area contributed by atoms with Crippen LogP contribution in [0, 0.1) is 6.92 Å². The molecule has 0 radical (unpaired) electrons. The molecule has 1 aromatic heterocycles. The summed E-state index contributed by atoms with van der Waals surface area (Å²) in [7, 11) is 3.64. The average molecular weight is 292 g/mol. The van der Waals surface area contributed by atoms with Crippen LogP contribution in [0.5, 0.6) is 5.75 Å². The van der Waals surface area contributed by atoms with Crippen molar-refractivity contribution in [3.05, 3.63) is 35.7 Å². The Morgan fingerprint density at radius 2 is 2.00 bits per heavy atom. The highest BCUT2D eigenvalue weighted by Gasteiger charge is 2.20. The highest BCUT2D eigenvalue weighted by molar-refractivity contribution is 7.99. The van der Waals surface area contributed by atoms with Crippen molar-refractivity contribution in [1.82, 2.24) is 20.5 Å². The number of H-pyrrole nitrogens is 1. The van der Waals surface area contributed by atoms with Crippen molar-refractivity contribution in [2.24, 2.45) is 0 Å². The van der Waals surface area contributed by atoms with E-state index in [0.717, 1.165) is 16.7 Å². The number of nitrogens with one attached hydrogen (secondary N) is 2. The first kappa shape index (κ1) is 14.9. The van der Waals surface area contributed by atoms with Gasteiger partial charge < -0.3 is 10.1 Å². The third kappa shape index (κ3) is 3.52. The normalized spacial score (nSPS) is 14.0. The SMILES string of the molecule is CNC(c1ccc(OC)cc1)C(C)Sc1n[nH]c(C)n1. The molecule has 20 heavy (non-hydrogen) atoms. The zero-order chi connectivity index (χ0) is 14.5. The molecule has 0 aliphatic rings. The molecule has 0 amide bonds. The van der Waals surface area contributed by atoms with Crippen molar-refractivity contribution in [1.29, 1.82) is 0 Å². The lowest BCUT2D eigenvalue weighted by molar-refractivity contribution is 0.414. The highest BCUT2D eigenvalue weighted by Crippen LogP contribution is 2.30. The van der Waals surface area contributed by atoms with E-state index in [1.807, 2.05) is 26.1 Å². The van der Waals surface area contributed by atoms with E-state index in [4.69, 9.17) is 4.74 Å². The molecule has 0 saturated heterocycles. The maximum atomic E-state index is 5.19. The zero-order valence-electron chi connectivity index (χ0n) is 12.2. The van der Waals surface area contributed by atoms with Gasteiger partial charge in [-0.1, -0.05) is 30.8 Å². The van der Waals surface area contributed by atoms with E-state index in [0.29, 0.717) is 5.25 Å². The van der Waals surface area contributed by atoms with Crippen LogP contribution in [0.1, 0.15) is 24.4 Å². The summed E-state index contributed by atoms with van der Waals surface area (Å²) in [5.74, 6) is 1.71. The van der Waals surface area contributed by atoms with E-state index in [1.54, 1.807) is 18.9 Å². The lowest BCUT2D eigenvalue weighted by Crippen LogP contribution is -2.25. The summed E-state index contributed by atoms with van der Waals surface area (Å²) in [6.07, 6.45) is 0. The quantitative estimate of drug-likeness (QED) is 0.801. The zero-order valence-corrected chi connectivity index (χ0v) is 13.0. The van der Waals surface area contributed by atoms with Crippen LogP contribution in [-0.2, 0) is 0 Å². The Hall–Kier alpha value is -1.53. The number of nitrogens with zero attached hydrogens (tertiary/aromatic N) is 2. The predicted octanol–water partition coefficient (Wildman–Crippen LogP) is 2.56. The maximum absolute atomic E-state index is 5.19. The van der Waals surface area contributed by atoms with Gasteiger partial charge >= 0.3 is 0 Å². The molecule has 0 aliphatic carbocycles. The number of hydrogen-bond acceptors (Lipinski definition) is 5. The molecule has 2 N–H and O–H groups in total. The van der Waals surface area contributed by atoms with Crippen LogP contribution < -0.4 is 10.1 Å². The maximum Gasteiger partial charge on any atom is 0.208 e. The molecule has 108 valence electrons.